The van der Waals surface area contributed by atoms with Crippen molar-refractivity contribution in [2.24, 2.45) is 0 Å². The Kier molecular flexibility index (Phi) is 5.72. The number of hydrogen-bond donors (Lipinski definition) is 0. The topological polar surface area (TPSA) is 25.2 Å². The van der Waals surface area contributed by atoms with Gasteiger partial charge in [0.15, 0.2) is 0 Å². The van der Waals surface area contributed by atoms with Crippen LogP contribution in [0.5, 0.6) is 0 Å². The first-order valence-corrected chi connectivity index (χ1v) is 10.2. The average molecular weight is 487 g/mol. The van der Waals surface area contributed by atoms with Crippen LogP contribution < -0.4 is 0 Å². The Balaban J connectivity index is 1.99. The summed E-state index contributed by atoms with van der Waals surface area (Å²) in [5.74, 6) is -5.08. The molecular weight excluding hydrogens is 470 g/mol. The zero-order chi connectivity index (χ0) is 24.1. The minimum Gasteiger partial charge on any atom is -0.328 e. The van der Waals surface area contributed by atoms with Crippen molar-refractivity contribution in [1.29, 1.82) is 0 Å². The maximum atomic E-state index is 14.8. The van der Waals surface area contributed by atoms with Crippen molar-refractivity contribution in [1.82, 2.24) is 9.47 Å². The quantitative estimate of drug-likeness (QED) is 0.391. The van der Waals surface area contributed by atoms with Gasteiger partial charge in [0, 0.05) is 22.7 Å². The predicted octanol–water partition coefficient (Wildman–Crippen LogP) is 6.41. The molecule has 0 atom stereocenters. The van der Waals surface area contributed by atoms with E-state index in [1.54, 1.807) is 30.3 Å². The van der Waals surface area contributed by atoms with Crippen LogP contribution in [0.2, 0.25) is 5.02 Å². The molecular formula is C23H17ClF6N2O. The maximum absolute atomic E-state index is 14.8. The zero-order valence-electron chi connectivity index (χ0n) is 17.2. The van der Waals surface area contributed by atoms with Gasteiger partial charge in [0.2, 0.25) is 0 Å². The number of carbonyl (C=O) groups is 1. The van der Waals surface area contributed by atoms with E-state index in [4.69, 9.17) is 11.6 Å². The molecule has 0 N–H and O–H groups in total. The van der Waals surface area contributed by atoms with Gasteiger partial charge in [-0.15, -0.1) is 0 Å². The smallest absolute Gasteiger partial charge is 0.328 e. The summed E-state index contributed by atoms with van der Waals surface area (Å²) >= 11 is 5.79. The molecule has 0 spiro atoms. The van der Waals surface area contributed by atoms with E-state index in [0.717, 1.165) is 22.5 Å². The number of aromatic nitrogens is 1. The number of hydrogen-bond acceptors (Lipinski definition) is 1. The summed E-state index contributed by atoms with van der Waals surface area (Å²) < 4.78 is 85.1. The third-order valence-corrected chi connectivity index (χ3v) is 5.73. The average Bonchev–Trinajstić information content (AvgIpc) is 2.98. The van der Waals surface area contributed by atoms with Crippen LogP contribution in [0.15, 0.2) is 48.5 Å². The standard InChI is InChI=1S/C23H17ClF6N2O/c1-13-18(16-8-7-15(24)9-17(16)25)19(21(33)31-11-22(26,27)12-31)32(20(13)23(28,29)30)10-14-5-3-2-4-6-14/h2-9H,10-12H2,1H3. The van der Waals surface area contributed by atoms with Crippen LogP contribution in [0.1, 0.15) is 27.3 Å². The second kappa shape index (κ2) is 8.13. The summed E-state index contributed by atoms with van der Waals surface area (Å²) in [5, 5.41) is 0.0175. The first-order chi connectivity index (χ1) is 15.4. The normalized spacial score (nSPS) is 15.5. The van der Waals surface area contributed by atoms with Crippen molar-refractivity contribution in [2.45, 2.75) is 25.6 Å². The van der Waals surface area contributed by atoms with Gasteiger partial charge in [0.1, 0.15) is 17.2 Å². The minimum absolute atomic E-state index is 0.0175. The highest BCUT2D eigenvalue weighted by atomic mass is 35.5. The first kappa shape index (κ1) is 23.2. The van der Waals surface area contributed by atoms with E-state index in [2.05, 4.69) is 0 Å². The molecule has 3 aromatic rings. The highest BCUT2D eigenvalue weighted by Crippen LogP contribution is 2.43. The first-order valence-electron chi connectivity index (χ1n) is 9.86. The van der Waals surface area contributed by atoms with Crippen LogP contribution in [0.4, 0.5) is 26.3 Å². The summed E-state index contributed by atoms with van der Waals surface area (Å²) in [6, 6.07) is 11.4. The fraction of sp³-hybridized carbons (Fsp3) is 0.261. The van der Waals surface area contributed by atoms with Crippen LogP contribution in [0.25, 0.3) is 11.1 Å². The molecule has 1 aromatic heterocycles. The second-order valence-electron chi connectivity index (χ2n) is 7.91. The Labute approximate surface area is 190 Å². The predicted molar refractivity (Wildman–Crippen MR) is 111 cm³/mol. The molecule has 1 amide bonds. The summed E-state index contributed by atoms with van der Waals surface area (Å²) in [7, 11) is 0. The number of carbonyl (C=O) groups excluding carboxylic acids is 1. The minimum atomic E-state index is -4.89. The van der Waals surface area contributed by atoms with Crippen molar-refractivity contribution >= 4 is 17.5 Å². The molecule has 174 valence electrons. The number of benzene rings is 2. The molecule has 1 fully saturated rings. The lowest BCUT2D eigenvalue weighted by molar-refractivity contribution is -0.144. The Hall–Kier alpha value is -2.94. The molecule has 1 aliphatic rings. The van der Waals surface area contributed by atoms with Crippen molar-refractivity contribution < 1.29 is 31.1 Å². The fourth-order valence-corrected chi connectivity index (χ4v) is 4.24. The third-order valence-electron chi connectivity index (χ3n) is 5.49. The molecule has 2 heterocycles. The third kappa shape index (κ3) is 4.34. The number of likely N-dealkylation sites (tertiary alicyclic amines) is 1. The molecule has 0 aliphatic carbocycles. The number of alkyl halides is 5. The van der Waals surface area contributed by atoms with E-state index >= 15 is 0 Å². The van der Waals surface area contributed by atoms with Gasteiger partial charge in [0.05, 0.1) is 13.1 Å². The second-order valence-corrected chi connectivity index (χ2v) is 8.34. The Bertz CT molecular complexity index is 1210. The fourth-order valence-electron chi connectivity index (χ4n) is 4.08. The Morgan fingerprint density at radius 1 is 1.09 bits per heavy atom. The lowest BCUT2D eigenvalue weighted by Gasteiger charge is -2.39. The molecule has 1 saturated heterocycles. The van der Waals surface area contributed by atoms with E-state index in [-0.39, 0.29) is 28.3 Å². The van der Waals surface area contributed by atoms with Gasteiger partial charge in [-0.2, -0.15) is 13.2 Å². The summed E-state index contributed by atoms with van der Waals surface area (Å²) in [4.78, 5) is 14.0. The molecule has 0 radical (unpaired) electrons. The Morgan fingerprint density at radius 3 is 2.27 bits per heavy atom. The van der Waals surface area contributed by atoms with E-state index in [1.807, 2.05) is 0 Å². The molecule has 3 nitrogen and oxygen atoms in total. The Morgan fingerprint density at radius 2 is 1.73 bits per heavy atom. The summed E-state index contributed by atoms with van der Waals surface area (Å²) in [6.45, 7) is -1.08. The molecule has 2 aromatic carbocycles. The van der Waals surface area contributed by atoms with Crippen LogP contribution in [0.3, 0.4) is 0 Å². The molecule has 0 saturated carbocycles. The highest BCUT2D eigenvalue weighted by molar-refractivity contribution is 6.30. The summed E-state index contributed by atoms with van der Waals surface area (Å²) in [5.41, 5.74) is -2.15. The molecule has 10 heteroatoms. The molecule has 1 aliphatic heterocycles. The van der Waals surface area contributed by atoms with Crippen molar-refractivity contribution in [3.05, 3.63) is 81.9 Å². The van der Waals surface area contributed by atoms with Crippen LogP contribution in [0, 0.1) is 12.7 Å². The van der Waals surface area contributed by atoms with Gasteiger partial charge in [-0.05, 0) is 36.2 Å². The lowest BCUT2D eigenvalue weighted by atomic mass is 9.98. The van der Waals surface area contributed by atoms with E-state index in [0.29, 0.717) is 5.56 Å². The number of rotatable bonds is 4. The monoisotopic (exact) mass is 486 g/mol. The van der Waals surface area contributed by atoms with Gasteiger partial charge in [-0.1, -0.05) is 41.9 Å². The number of halogens is 7. The van der Waals surface area contributed by atoms with Gasteiger partial charge >= 0.3 is 6.18 Å². The molecule has 0 unspecified atom stereocenters. The summed E-state index contributed by atoms with van der Waals surface area (Å²) in [6.07, 6.45) is -4.89. The van der Waals surface area contributed by atoms with Gasteiger partial charge in [-0.3, -0.25) is 4.79 Å². The van der Waals surface area contributed by atoms with Crippen molar-refractivity contribution in [3.8, 4) is 11.1 Å². The number of amides is 1. The van der Waals surface area contributed by atoms with Crippen molar-refractivity contribution in [2.75, 3.05) is 13.1 Å². The largest absolute Gasteiger partial charge is 0.431 e. The van der Waals surface area contributed by atoms with E-state index in [9.17, 15) is 31.1 Å². The van der Waals surface area contributed by atoms with Gasteiger partial charge < -0.3 is 9.47 Å². The van der Waals surface area contributed by atoms with E-state index in [1.165, 1.54) is 12.1 Å². The van der Waals surface area contributed by atoms with Crippen LogP contribution in [-0.4, -0.2) is 34.4 Å². The highest BCUT2D eigenvalue weighted by Gasteiger charge is 2.49. The van der Waals surface area contributed by atoms with E-state index < -0.39 is 48.3 Å². The molecule has 4 rings (SSSR count). The molecule has 0 bridgehead atoms. The number of nitrogens with zero attached hydrogens (tertiary/aromatic N) is 2. The van der Waals surface area contributed by atoms with Crippen LogP contribution >= 0.6 is 11.6 Å². The molecule has 33 heavy (non-hydrogen) atoms. The van der Waals surface area contributed by atoms with Gasteiger partial charge in [0.25, 0.3) is 11.8 Å². The van der Waals surface area contributed by atoms with Gasteiger partial charge in [-0.25, -0.2) is 13.2 Å². The maximum Gasteiger partial charge on any atom is 0.431 e. The zero-order valence-corrected chi connectivity index (χ0v) is 17.9. The van der Waals surface area contributed by atoms with Crippen molar-refractivity contribution in [3.63, 3.8) is 0 Å². The SMILES string of the molecule is Cc1c(-c2ccc(Cl)cc2F)c(C(=O)N2CC(F)(F)C2)n(Cc2ccccc2)c1C(F)(F)F. The lowest BCUT2D eigenvalue weighted by Crippen LogP contribution is -2.58. The van der Waals surface area contributed by atoms with Crippen LogP contribution in [-0.2, 0) is 12.7 Å².